The van der Waals surface area contributed by atoms with Crippen molar-refractivity contribution in [3.05, 3.63) is 54.6 Å². The maximum absolute atomic E-state index is 11.6. The predicted molar refractivity (Wildman–Crippen MR) is 80.5 cm³/mol. The Kier molecular flexibility index (Phi) is 4.94. The Morgan fingerprint density at radius 1 is 1.05 bits per heavy atom. The molecule has 0 aliphatic rings. The normalized spacial score (nSPS) is 9.86. The molecule has 0 unspecified atom stereocenters. The number of rotatable bonds is 5. The average Bonchev–Trinajstić information content (AvgIpc) is 2.49. The number of nitrogens with zero attached hydrogens (tertiary/aromatic N) is 1. The summed E-state index contributed by atoms with van der Waals surface area (Å²) >= 11 is 0. The van der Waals surface area contributed by atoms with E-state index in [2.05, 4.69) is 5.32 Å². The smallest absolute Gasteiger partial charge is 0.336 e. The molecule has 7 heteroatoms. The molecule has 0 spiro atoms. The van der Waals surface area contributed by atoms with Crippen LogP contribution in [0.4, 0.5) is 10.5 Å². The van der Waals surface area contributed by atoms with Crippen LogP contribution in [0, 0.1) is 0 Å². The van der Waals surface area contributed by atoms with Gasteiger partial charge < -0.3 is 15.2 Å². The summed E-state index contributed by atoms with van der Waals surface area (Å²) in [5.41, 5.74) is 0.478. The summed E-state index contributed by atoms with van der Waals surface area (Å²) in [6.07, 6.45) is 0. The van der Waals surface area contributed by atoms with E-state index in [1.54, 1.807) is 24.3 Å². The highest BCUT2D eigenvalue weighted by atomic mass is 16.5. The van der Waals surface area contributed by atoms with Crippen LogP contribution in [0.5, 0.6) is 11.5 Å². The van der Waals surface area contributed by atoms with Crippen molar-refractivity contribution in [2.75, 3.05) is 11.9 Å². The Balaban J connectivity index is 1.94. The Hall–Kier alpha value is -3.06. The van der Waals surface area contributed by atoms with Crippen molar-refractivity contribution < 1.29 is 19.4 Å². The van der Waals surface area contributed by atoms with Crippen LogP contribution in [0.25, 0.3) is 0 Å². The summed E-state index contributed by atoms with van der Waals surface area (Å²) in [4.78, 5) is 22.1. The Labute approximate surface area is 126 Å². The number of ether oxygens (including phenoxy) is 1. The number of carbonyl (C=O) groups excluding carboxylic acids is 1. The van der Waals surface area contributed by atoms with Gasteiger partial charge in [-0.25, -0.2) is 10.6 Å². The third-order valence-corrected chi connectivity index (χ3v) is 2.65. The fraction of sp³-hybridized carbons (Fsp3) is 0.0667. The molecule has 0 fully saturated rings. The molecule has 0 heterocycles. The topological polar surface area (TPSA) is 105 Å². The highest BCUT2D eigenvalue weighted by Crippen LogP contribution is 2.22. The second kappa shape index (κ2) is 7.09. The summed E-state index contributed by atoms with van der Waals surface area (Å²) in [5.74, 6) is 5.44. The number of hydrogen-bond donors (Lipinski definition) is 3. The Morgan fingerprint density at radius 2 is 1.64 bits per heavy atom. The molecule has 114 valence electrons. The number of aliphatic carboxylic acids is 1. The number of carboxylic acids is 1. The van der Waals surface area contributed by atoms with Crippen LogP contribution in [-0.4, -0.2) is 28.7 Å². The van der Waals surface area contributed by atoms with Crippen LogP contribution in [0.15, 0.2) is 54.6 Å². The lowest BCUT2D eigenvalue weighted by Crippen LogP contribution is -2.43. The van der Waals surface area contributed by atoms with E-state index in [4.69, 9.17) is 15.7 Å². The maximum atomic E-state index is 11.6. The van der Waals surface area contributed by atoms with E-state index >= 15 is 0 Å². The average molecular weight is 301 g/mol. The molecular weight excluding hydrogens is 286 g/mol. The number of benzene rings is 2. The third-order valence-electron chi connectivity index (χ3n) is 2.65. The van der Waals surface area contributed by atoms with Crippen molar-refractivity contribution in [1.29, 1.82) is 0 Å². The zero-order chi connectivity index (χ0) is 15.9. The number of anilines is 1. The van der Waals surface area contributed by atoms with Gasteiger partial charge in [0, 0.05) is 5.69 Å². The lowest BCUT2D eigenvalue weighted by atomic mass is 10.3. The van der Waals surface area contributed by atoms with Crippen molar-refractivity contribution in [3.8, 4) is 11.5 Å². The standard InChI is InChI=1S/C15H15N3O4/c16-18(10-14(19)20)15(21)17-11-6-8-13(9-7-11)22-12-4-2-1-3-5-12/h1-9H,10,16H2,(H,17,21)(H,19,20). The third kappa shape index (κ3) is 4.50. The molecule has 2 amide bonds. The fourth-order valence-electron chi connectivity index (χ4n) is 1.64. The van der Waals surface area contributed by atoms with Gasteiger partial charge in [0.2, 0.25) is 0 Å². The first-order valence-corrected chi connectivity index (χ1v) is 6.42. The largest absolute Gasteiger partial charge is 0.480 e. The summed E-state index contributed by atoms with van der Waals surface area (Å²) in [6.45, 7) is -0.582. The molecule has 2 aromatic rings. The molecule has 22 heavy (non-hydrogen) atoms. The minimum atomic E-state index is -1.19. The molecule has 2 rings (SSSR count). The molecule has 4 N–H and O–H groups in total. The van der Waals surface area contributed by atoms with Gasteiger partial charge in [-0.2, -0.15) is 0 Å². The quantitative estimate of drug-likeness (QED) is 0.446. The predicted octanol–water partition coefficient (Wildman–Crippen LogP) is 2.27. The van der Waals surface area contributed by atoms with Gasteiger partial charge in [0.1, 0.15) is 18.0 Å². The van der Waals surface area contributed by atoms with Crippen LogP contribution < -0.4 is 15.9 Å². The monoisotopic (exact) mass is 301 g/mol. The van der Waals surface area contributed by atoms with E-state index in [-0.39, 0.29) is 0 Å². The molecule has 0 aliphatic carbocycles. The summed E-state index contributed by atoms with van der Waals surface area (Å²) in [6, 6.07) is 15.2. The van der Waals surface area contributed by atoms with E-state index in [0.29, 0.717) is 22.2 Å². The minimum absolute atomic E-state index is 0.478. The van der Waals surface area contributed by atoms with Crippen LogP contribution >= 0.6 is 0 Å². The molecule has 0 bridgehead atoms. The first kappa shape index (κ1) is 15.3. The lowest BCUT2D eigenvalue weighted by molar-refractivity contribution is -0.137. The molecule has 7 nitrogen and oxygen atoms in total. The van der Waals surface area contributed by atoms with E-state index in [1.807, 2.05) is 30.3 Å². The number of nitrogens with one attached hydrogen (secondary N) is 1. The van der Waals surface area contributed by atoms with E-state index in [1.165, 1.54) is 0 Å². The first-order valence-electron chi connectivity index (χ1n) is 6.42. The number of carbonyl (C=O) groups is 2. The summed E-state index contributed by atoms with van der Waals surface area (Å²) in [7, 11) is 0. The van der Waals surface area contributed by atoms with Gasteiger partial charge in [0.15, 0.2) is 0 Å². The van der Waals surface area contributed by atoms with Crippen molar-refractivity contribution in [2.45, 2.75) is 0 Å². The molecule has 0 radical (unpaired) electrons. The molecule has 2 aromatic carbocycles. The van der Waals surface area contributed by atoms with Crippen molar-refractivity contribution in [1.82, 2.24) is 5.01 Å². The zero-order valence-electron chi connectivity index (χ0n) is 11.6. The van der Waals surface area contributed by atoms with E-state index in [0.717, 1.165) is 0 Å². The van der Waals surface area contributed by atoms with Gasteiger partial charge in [-0.3, -0.25) is 9.80 Å². The van der Waals surface area contributed by atoms with Crippen molar-refractivity contribution in [3.63, 3.8) is 0 Å². The van der Waals surface area contributed by atoms with Crippen molar-refractivity contribution in [2.24, 2.45) is 5.84 Å². The first-order chi connectivity index (χ1) is 10.5. The highest BCUT2D eigenvalue weighted by Gasteiger charge is 2.12. The van der Waals surface area contributed by atoms with E-state index < -0.39 is 18.5 Å². The Bertz CT molecular complexity index is 644. The van der Waals surface area contributed by atoms with Gasteiger partial charge in [-0.1, -0.05) is 18.2 Å². The SMILES string of the molecule is NN(CC(=O)O)C(=O)Nc1ccc(Oc2ccccc2)cc1. The number of hydrazine groups is 1. The Morgan fingerprint density at radius 3 is 2.23 bits per heavy atom. The number of amides is 2. The number of nitrogens with two attached hydrogens (primary N) is 1. The molecule has 0 aromatic heterocycles. The fourth-order valence-corrected chi connectivity index (χ4v) is 1.64. The number of para-hydroxylation sites is 1. The van der Waals surface area contributed by atoms with Crippen LogP contribution in [0.3, 0.4) is 0 Å². The summed E-state index contributed by atoms with van der Waals surface area (Å²) < 4.78 is 5.61. The number of urea groups is 1. The molecule has 0 aliphatic heterocycles. The van der Waals surface area contributed by atoms with Crippen LogP contribution in [0.1, 0.15) is 0 Å². The van der Waals surface area contributed by atoms with E-state index in [9.17, 15) is 9.59 Å². The molecule has 0 atom stereocenters. The number of hydrogen-bond acceptors (Lipinski definition) is 4. The molecule has 0 saturated heterocycles. The highest BCUT2D eigenvalue weighted by molar-refractivity contribution is 5.90. The second-order valence-electron chi connectivity index (χ2n) is 4.39. The van der Waals surface area contributed by atoms with Gasteiger partial charge >= 0.3 is 12.0 Å². The van der Waals surface area contributed by atoms with Crippen molar-refractivity contribution >= 4 is 17.7 Å². The van der Waals surface area contributed by atoms with Gasteiger partial charge in [-0.15, -0.1) is 0 Å². The summed E-state index contributed by atoms with van der Waals surface area (Å²) in [5, 5.41) is 11.6. The van der Waals surface area contributed by atoms with Crippen LogP contribution in [0.2, 0.25) is 0 Å². The maximum Gasteiger partial charge on any atom is 0.336 e. The van der Waals surface area contributed by atoms with Crippen LogP contribution in [-0.2, 0) is 4.79 Å². The van der Waals surface area contributed by atoms with Gasteiger partial charge in [0.25, 0.3) is 0 Å². The number of carboxylic acid groups (broad SMARTS) is 1. The minimum Gasteiger partial charge on any atom is -0.480 e. The lowest BCUT2D eigenvalue weighted by Gasteiger charge is -2.15. The molecular formula is C15H15N3O4. The van der Waals surface area contributed by atoms with Gasteiger partial charge in [0.05, 0.1) is 0 Å². The zero-order valence-corrected chi connectivity index (χ0v) is 11.6. The van der Waals surface area contributed by atoms with Gasteiger partial charge in [-0.05, 0) is 36.4 Å². The molecule has 0 saturated carbocycles. The second-order valence-corrected chi connectivity index (χ2v) is 4.39.